The van der Waals surface area contributed by atoms with Crippen molar-refractivity contribution in [3.8, 4) is 39.3 Å². The molecule has 0 atom stereocenters. The highest BCUT2D eigenvalue weighted by atomic mass is 15.0. The van der Waals surface area contributed by atoms with E-state index in [9.17, 15) is 0 Å². The second-order valence-corrected chi connectivity index (χ2v) is 14.9. The van der Waals surface area contributed by atoms with Gasteiger partial charge in [-0.2, -0.15) is 0 Å². The van der Waals surface area contributed by atoms with Gasteiger partial charge in [-0.3, -0.25) is 0 Å². The minimum atomic E-state index is 1.13. The molecule has 0 N–H and O–H groups in total. The summed E-state index contributed by atoms with van der Waals surface area (Å²) in [6.45, 7) is 0. The third-order valence-electron chi connectivity index (χ3n) is 11.8. The lowest BCUT2D eigenvalue weighted by Gasteiger charge is -2.20. The molecule has 3 nitrogen and oxygen atoms in total. The van der Waals surface area contributed by atoms with Crippen LogP contribution in [0.2, 0.25) is 0 Å². The van der Waals surface area contributed by atoms with Crippen molar-refractivity contribution in [1.82, 2.24) is 13.7 Å². The van der Waals surface area contributed by atoms with E-state index in [1.54, 1.807) is 0 Å². The van der Waals surface area contributed by atoms with Crippen LogP contribution in [0.4, 0.5) is 0 Å². The summed E-state index contributed by atoms with van der Waals surface area (Å²) < 4.78 is 7.40. The van der Waals surface area contributed by atoms with Gasteiger partial charge in [0.25, 0.3) is 0 Å². The van der Waals surface area contributed by atoms with E-state index < -0.39 is 0 Å². The maximum absolute atomic E-state index is 2.50. The molecule has 57 heavy (non-hydrogen) atoms. The third-order valence-corrected chi connectivity index (χ3v) is 11.8. The number of benzene rings is 9. The summed E-state index contributed by atoms with van der Waals surface area (Å²) in [5.74, 6) is 0. The Morgan fingerprint density at radius 3 is 1.40 bits per heavy atom. The van der Waals surface area contributed by atoms with Crippen LogP contribution < -0.4 is 0 Å². The van der Waals surface area contributed by atoms with Crippen LogP contribution in [-0.2, 0) is 0 Å². The molecule has 0 aliphatic heterocycles. The number of hydrogen-bond acceptors (Lipinski definition) is 0. The first kappa shape index (κ1) is 31.7. The average Bonchev–Trinajstić information content (AvgIpc) is 3.92. The molecule has 3 heterocycles. The van der Waals surface area contributed by atoms with E-state index in [0.717, 1.165) is 16.9 Å². The first-order valence-corrected chi connectivity index (χ1v) is 19.6. The molecule has 266 valence electrons. The van der Waals surface area contributed by atoms with Gasteiger partial charge in [0, 0.05) is 54.8 Å². The Morgan fingerprint density at radius 2 is 0.737 bits per heavy atom. The summed E-state index contributed by atoms with van der Waals surface area (Å²) in [5, 5.41) is 7.49. The largest absolute Gasteiger partial charge is 0.309 e. The molecule has 3 heteroatoms. The minimum Gasteiger partial charge on any atom is -0.309 e. The van der Waals surface area contributed by atoms with E-state index in [0.29, 0.717) is 0 Å². The summed E-state index contributed by atoms with van der Waals surface area (Å²) >= 11 is 0. The maximum atomic E-state index is 2.50. The van der Waals surface area contributed by atoms with E-state index in [2.05, 4.69) is 226 Å². The molecule has 0 aliphatic carbocycles. The van der Waals surface area contributed by atoms with Crippen LogP contribution in [0.15, 0.2) is 212 Å². The van der Waals surface area contributed by atoms with Crippen molar-refractivity contribution in [2.75, 3.05) is 0 Å². The van der Waals surface area contributed by atoms with Crippen molar-refractivity contribution >= 4 is 65.4 Å². The first-order chi connectivity index (χ1) is 28.3. The van der Waals surface area contributed by atoms with Crippen molar-refractivity contribution in [3.05, 3.63) is 212 Å². The van der Waals surface area contributed by atoms with Crippen molar-refractivity contribution in [2.45, 2.75) is 0 Å². The highest BCUT2D eigenvalue weighted by Gasteiger charge is 2.23. The lowest BCUT2D eigenvalue weighted by Crippen LogP contribution is -2.01. The zero-order chi connectivity index (χ0) is 37.5. The Morgan fingerprint density at radius 1 is 0.263 bits per heavy atom. The van der Waals surface area contributed by atoms with Crippen LogP contribution in [0.25, 0.3) is 105 Å². The quantitative estimate of drug-likeness (QED) is 0.168. The van der Waals surface area contributed by atoms with Crippen LogP contribution in [0.1, 0.15) is 0 Å². The maximum Gasteiger partial charge on any atom is 0.0641 e. The third kappa shape index (κ3) is 4.66. The second kappa shape index (κ2) is 12.5. The molecule has 0 saturated heterocycles. The highest BCUT2D eigenvalue weighted by molar-refractivity contribution is 6.26. The lowest BCUT2D eigenvalue weighted by molar-refractivity contribution is 1.17. The molecule has 0 radical (unpaired) electrons. The second-order valence-electron chi connectivity index (χ2n) is 14.9. The zero-order valence-electron chi connectivity index (χ0n) is 31.0. The Labute approximate surface area is 329 Å². The van der Waals surface area contributed by atoms with Crippen molar-refractivity contribution < 1.29 is 0 Å². The Kier molecular flexibility index (Phi) is 6.93. The van der Waals surface area contributed by atoms with E-state index >= 15 is 0 Å². The Balaban J connectivity index is 1.17. The van der Waals surface area contributed by atoms with Gasteiger partial charge >= 0.3 is 0 Å². The summed E-state index contributed by atoms with van der Waals surface area (Å²) in [6, 6.07) is 77.4. The van der Waals surface area contributed by atoms with Gasteiger partial charge in [-0.25, -0.2) is 0 Å². The number of rotatable bonds is 5. The standard InChI is InChI=1S/C54H35N3/c1-3-17-36(18-4-1)40-27-16-28-41(53(40)57-48-30-12-7-23-42(48)43-24-8-13-31-49(43)57)37-19-15-22-39(35-37)56-47-29-11-9-25-44(47)45-33-34-51-52(54(45)56)46-26-10-14-32-50(46)55(51)38-20-5-2-6-21-38/h1-35H. The number of para-hydroxylation sites is 6. The SMILES string of the molecule is c1ccc(-c2cccc(-c3cccc(-n4c5ccccc5c5ccc6c(c7ccccc7n6-c6ccccc6)c54)c3)c2-n2c3ccccc3c3ccccc32)cc1. The van der Waals surface area contributed by atoms with Gasteiger partial charge in [-0.1, -0.05) is 158 Å². The monoisotopic (exact) mass is 725 g/mol. The van der Waals surface area contributed by atoms with Crippen LogP contribution in [-0.4, -0.2) is 13.7 Å². The van der Waals surface area contributed by atoms with Gasteiger partial charge in [0.1, 0.15) is 0 Å². The van der Waals surface area contributed by atoms with Crippen molar-refractivity contribution in [2.24, 2.45) is 0 Å². The highest BCUT2D eigenvalue weighted by Crippen LogP contribution is 2.44. The molecular formula is C54H35N3. The lowest BCUT2D eigenvalue weighted by atomic mass is 9.95. The van der Waals surface area contributed by atoms with E-state index in [1.807, 2.05) is 0 Å². The summed E-state index contributed by atoms with van der Waals surface area (Å²) in [6.07, 6.45) is 0. The Hall–Kier alpha value is -7.62. The fourth-order valence-corrected chi connectivity index (χ4v) is 9.48. The molecule has 12 rings (SSSR count). The Bertz CT molecular complexity index is 3460. The molecule has 9 aromatic carbocycles. The van der Waals surface area contributed by atoms with Gasteiger partial charge in [0.2, 0.25) is 0 Å². The smallest absolute Gasteiger partial charge is 0.0641 e. The number of aromatic nitrogens is 3. The van der Waals surface area contributed by atoms with Crippen molar-refractivity contribution in [3.63, 3.8) is 0 Å². The van der Waals surface area contributed by atoms with Gasteiger partial charge in [-0.05, 0) is 65.7 Å². The fourth-order valence-electron chi connectivity index (χ4n) is 9.48. The van der Waals surface area contributed by atoms with Gasteiger partial charge in [0.15, 0.2) is 0 Å². The van der Waals surface area contributed by atoms with Gasteiger partial charge < -0.3 is 13.7 Å². The van der Waals surface area contributed by atoms with Crippen LogP contribution in [0.5, 0.6) is 0 Å². The summed E-state index contributed by atoms with van der Waals surface area (Å²) in [5.41, 5.74) is 15.4. The predicted molar refractivity (Wildman–Crippen MR) is 240 cm³/mol. The molecule has 0 spiro atoms. The number of nitrogens with zero attached hydrogens (tertiary/aromatic N) is 3. The molecule has 0 bridgehead atoms. The molecule has 0 unspecified atom stereocenters. The molecule has 0 fully saturated rings. The van der Waals surface area contributed by atoms with E-state index in [1.165, 1.54) is 87.8 Å². The van der Waals surface area contributed by atoms with Crippen molar-refractivity contribution in [1.29, 1.82) is 0 Å². The average molecular weight is 726 g/mol. The molecule has 12 aromatic rings. The van der Waals surface area contributed by atoms with E-state index in [4.69, 9.17) is 0 Å². The first-order valence-electron chi connectivity index (χ1n) is 19.6. The molecule has 3 aromatic heterocycles. The zero-order valence-corrected chi connectivity index (χ0v) is 31.0. The summed E-state index contributed by atoms with van der Waals surface area (Å²) in [7, 11) is 0. The van der Waals surface area contributed by atoms with Crippen LogP contribution >= 0.6 is 0 Å². The van der Waals surface area contributed by atoms with Crippen LogP contribution in [0.3, 0.4) is 0 Å². The molecule has 0 aliphatic rings. The number of fused-ring (bicyclic) bond motifs is 10. The number of hydrogen-bond donors (Lipinski definition) is 0. The molecule has 0 amide bonds. The topological polar surface area (TPSA) is 14.8 Å². The van der Waals surface area contributed by atoms with E-state index in [-0.39, 0.29) is 0 Å². The normalized spacial score (nSPS) is 11.9. The van der Waals surface area contributed by atoms with Crippen LogP contribution in [0, 0.1) is 0 Å². The van der Waals surface area contributed by atoms with Gasteiger partial charge in [-0.15, -0.1) is 0 Å². The van der Waals surface area contributed by atoms with Gasteiger partial charge in [0.05, 0.1) is 38.8 Å². The molecule has 0 saturated carbocycles. The minimum absolute atomic E-state index is 1.13. The predicted octanol–water partition coefficient (Wildman–Crippen LogP) is 14.3. The molecular weight excluding hydrogens is 691 g/mol. The summed E-state index contributed by atoms with van der Waals surface area (Å²) in [4.78, 5) is 0. The fraction of sp³-hybridized carbons (Fsp3) is 0.